The minimum Gasteiger partial charge on any atom is -0.480 e. The monoisotopic (exact) mass is 536 g/mol. The van der Waals surface area contributed by atoms with Crippen LogP contribution in [0, 0.1) is 6.92 Å². The lowest BCUT2D eigenvalue weighted by Gasteiger charge is -2.37. The van der Waals surface area contributed by atoms with Crippen molar-refractivity contribution in [3.8, 4) is 0 Å². The minimum absolute atomic E-state index is 0.00667. The van der Waals surface area contributed by atoms with Crippen molar-refractivity contribution in [3.63, 3.8) is 0 Å². The van der Waals surface area contributed by atoms with Crippen molar-refractivity contribution in [1.29, 1.82) is 0 Å². The molecule has 4 aromatic rings. The van der Waals surface area contributed by atoms with Gasteiger partial charge in [-0.15, -0.1) is 0 Å². The van der Waals surface area contributed by atoms with Crippen molar-refractivity contribution >= 4 is 18.0 Å². The SMILES string of the molecule is Cc1ccc(C(NC(=O)CC[C@@H](NC(=O)OCc2ccccc2)C(=O)O)(c2ccccc2)c2ccccc2)cc1. The van der Waals surface area contributed by atoms with Gasteiger partial charge >= 0.3 is 12.1 Å². The van der Waals surface area contributed by atoms with Crippen molar-refractivity contribution in [2.75, 3.05) is 0 Å². The molecule has 4 rings (SSSR count). The Balaban J connectivity index is 1.54. The number of benzene rings is 4. The van der Waals surface area contributed by atoms with E-state index in [1.807, 2.05) is 110 Å². The first-order valence-electron chi connectivity index (χ1n) is 13.1. The van der Waals surface area contributed by atoms with Gasteiger partial charge < -0.3 is 20.5 Å². The summed E-state index contributed by atoms with van der Waals surface area (Å²) < 4.78 is 5.17. The summed E-state index contributed by atoms with van der Waals surface area (Å²) in [4.78, 5) is 37.7. The van der Waals surface area contributed by atoms with Crippen LogP contribution in [0.25, 0.3) is 0 Å². The van der Waals surface area contributed by atoms with Crippen molar-refractivity contribution in [2.45, 2.75) is 38.0 Å². The Morgan fingerprint density at radius 3 is 1.77 bits per heavy atom. The van der Waals surface area contributed by atoms with Crippen LogP contribution in [0.2, 0.25) is 0 Å². The van der Waals surface area contributed by atoms with E-state index in [0.29, 0.717) is 0 Å². The molecule has 0 aliphatic rings. The van der Waals surface area contributed by atoms with Gasteiger partial charge in [0.2, 0.25) is 5.91 Å². The lowest BCUT2D eigenvalue weighted by molar-refractivity contribution is -0.139. The van der Waals surface area contributed by atoms with E-state index in [4.69, 9.17) is 4.74 Å². The molecule has 0 fully saturated rings. The number of carbonyl (C=O) groups excluding carboxylic acids is 2. The van der Waals surface area contributed by atoms with E-state index >= 15 is 0 Å². The van der Waals surface area contributed by atoms with Gasteiger partial charge in [-0.2, -0.15) is 0 Å². The third-order valence-corrected chi connectivity index (χ3v) is 6.69. The number of aryl methyl sites for hydroxylation is 1. The van der Waals surface area contributed by atoms with Gasteiger partial charge in [-0.1, -0.05) is 121 Å². The Morgan fingerprint density at radius 2 is 1.25 bits per heavy atom. The maximum Gasteiger partial charge on any atom is 0.408 e. The van der Waals surface area contributed by atoms with Gasteiger partial charge in [0.15, 0.2) is 0 Å². The molecule has 3 N–H and O–H groups in total. The zero-order chi connectivity index (χ0) is 28.4. The Morgan fingerprint density at radius 1 is 0.750 bits per heavy atom. The second-order valence-corrected chi connectivity index (χ2v) is 9.53. The highest BCUT2D eigenvalue weighted by Crippen LogP contribution is 2.37. The molecule has 0 heterocycles. The number of hydrogen-bond donors (Lipinski definition) is 3. The topological polar surface area (TPSA) is 105 Å². The lowest BCUT2D eigenvalue weighted by atomic mass is 9.76. The molecular weight excluding hydrogens is 504 g/mol. The number of nitrogens with one attached hydrogen (secondary N) is 2. The van der Waals surface area contributed by atoms with Gasteiger partial charge in [0, 0.05) is 6.42 Å². The molecule has 1 atom stereocenters. The Kier molecular flexibility index (Phi) is 9.31. The molecule has 7 nitrogen and oxygen atoms in total. The summed E-state index contributed by atoms with van der Waals surface area (Å²) in [5.74, 6) is -1.61. The number of hydrogen-bond acceptors (Lipinski definition) is 4. The molecule has 0 bridgehead atoms. The fourth-order valence-electron chi connectivity index (χ4n) is 4.61. The molecule has 0 saturated carbocycles. The standard InChI is InChI=1S/C33H32N2O5/c1-24-17-19-28(20-18-24)33(26-13-7-3-8-14-26,27-15-9-4-10-16-27)35-30(36)22-21-29(31(37)38)34-32(39)40-23-25-11-5-2-6-12-25/h2-20,29H,21-23H2,1H3,(H,34,39)(H,35,36)(H,37,38)/t29-/m1/s1. The number of ether oxygens (including phenoxy) is 1. The first-order valence-corrected chi connectivity index (χ1v) is 13.1. The van der Waals surface area contributed by atoms with Gasteiger partial charge in [-0.3, -0.25) is 4.79 Å². The number of amides is 2. The molecule has 7 heteroatoms. The van der Waals surface area contributed by atoms with E-state index in [-0.39, 0.29) is 25.4 Å². The molecule has 204 valence electrons. The van der Waals surface area contributed by atoms with Gasteiger partial charge in [-0.05, 0) is 35.6 Å². The third-order valence-electron chi connectivity index (χ3n) is 6.69. The highest BCUT2D eigenvalue weighted by atomic mass is 16.5. The minimum atomic E-state index is -1.30. The summed E-state index contributed by atoms with van der Waals surface area (Å²) in [5.41, 5.74) is 3.42. The molecule has 0 saturated heterocycles. The fraction of sp³-hybridized carbons (Fsp3) is 0.182. The molecule has 40 heavy (non-hydrogen) atoms. The average Bonchev–Trinajstić information content (AvgIpc) is 2.98. The zero-order valence-electron chi connectivity index (χ0n) is 22.2. The molecular formula is C33H32N2O5. The molecule has 0 unspecified atom stereocenters. The predicted octanol–water partition coefficient (Wildman–Crippen LogP) is 5.56. The van der Waals surface area contributed by atoms with Crippen molar-refractivity contribution in [3.05, 3.63) is 143 Å². The first-order chi connectivity index (χ1) is 19.4. The predicted molar refractivity (Wildman–Crippen MR) is 153 cm³/mol. The Hall–Kier alpha value is -4.91. The van der Waals surface area contributed by atoms with E-state index in [2.05, 4.69) is 10.6 Å². The van der Waals surface area contributed by atoms with Crippen molar-refractivity contribution in [1.82, 2.24) is 10.6 Å². The summed E-state index contributed by atoms with van der Waals surface area (Å²) in [6, 6.07) is 35.0. The second kappa shape index (κ2) is 13.2. The first kappa shape index (κ1) is 28.1. The third kappa shape index (κ3) is 6.94. The molecule has 2 amide bonds. The van der Waals surface area contributed by atoms with E-state index in [1.54, 1.807) is 12.1 Å². The number of alkyl carbamates (subject to hydrolysis) is 1. The molecule has 0 aliphatic carbocycles. The second-order valence-electron chi connectivity index (χ2n) is 9.53. The largest absolute Gasteiger partial charge is 0.480 e. The van der Waals surface area contributed by atoms with Gasteiger partial charge in [0.1, 0.15) is 18.2 Å². The lowest BCUT2D eigenvalue weighted by Crippen LogP contribution is -2.48. The number of carboxylic acid groups (broad SMARTS) is 1. The van der Waals surface area contributed by atoms with Crippen LogP contribution >= 0.6 is 0 Å². The van der Waals surface area contributed by atoms with E-state index in [0.717, 1.165) is 27.8 Å². The molecule has 0 aliphatic heterocycles. The average molecular weight is 537 g/mol. The summed E-state index contributed by atoms with van der Waals surface area (Å²) >= 11 is 0. The van der Waals surface area contributed by atoms with Crippen LogP contribution in [0.1, 0.15) is 40.7 Å². The normalized spacial score (nSPS) is 11.7. The van der Waals surface area contributed by atoms with Gasteiger partial charge in [0.25, 0.3) is 0 Å². The van der Waals surface area contributed by atoms with Gasteiger partial charge in [0.05, 0.1) is 0 Å². The van der Waals surface area contributed by atoms with Crippen LogP contribution in [0.4, 0.5) is 4.79 Å². The van der Waals surface area contributed by atoms with E-state index in [1.165, 1.54) is 0 Å². The number of carboxylic acids is 1. The van der Waals surface area contributed by atoms with Crippen LogP contribution in [0.5, 0.6) is 0 Å². The molecule has 0 aromatic heterocycles. The summed E-state index contributed by atoms with van der Waals surface area (Å²) in [6.45, 7) is 2.01. The van der Waals surface area contributed by atoms with Crippen LogP contribution < -0.4 is 10.6 Å². The fourth-order valence-corrected chi connectivity index (χ4v) is 4.61. The van der Waals surface area contributed by atoms with Crippen LogP contribution in [-0.2, 0) is 26.5 Å². The Bertz CT molecular complexity index is 1370. The summed E-state index contributed by atoms with van der Waals surface area (Å²) in [6.07, 6.45) is -1.11. The highest BCUT2D eigenvalue weighted by Gasteiger charge is 2.38. The maximum atomic E-state index is 13.5. The summed E-state index contributed by atoms with van der Waals surface area (Å²) in [7, 11) is 0. The zero-order valence-corrected chi connectivity index (χ0v) is 22.2. The van der Waals surface area contributed by atoms with Crippen LogP contribution in [-0.4, -0.2) is 29.1 Å². The highest BCUT2D eigenvalue weighted by molar-refractivity contribution is 5.82. The molecule has 0 radical (unpaired) electrons. The molecule has 4 aromatic carbocycles. The van der Waals surface area contributed by atoms with Crippen molar-refractivity contribution in [2.24, 2.45) is 0 Å². The van der Waals surface area contributed by atoms with Crippen LogP contribution in [0.15, 0.2) is 115 Å². The maximum absolute atomic E-state index is 13.5. The smallest absolute Gasteiger partial charge is 0.408 e. The van der Waals surface area contributed by atoms with E-state index in [9.17, 15) is 19.5 Å². The molecule has 0 spiro atoms. The van der Waals surface area contributed by atoms with Crippen molar-refractivity contribution < 1.29 is 24.2 Å². The van der Waals surface area contributed by atoms with Gasteiger partial charge in [-0.25, -0.2) is 9.59 Å². The van der Waals surface area contributed by atoms with Crippen LogP contribution in [0.3, 0.4) is 0 Å². The summed E-state index contributed by atoms with van der Waals surface area (Å²) in [5, 5.41) is 15.3. The number of aliphatic carboxylic acids is 1. The van der Waals surface area contributed by atoms with E-state index < -0.39 is 23.6 Å². The number of rotatable bonds is 11. The number of carbonyl (C=O) groups is 3. The Labute approximate surface area is 233 Å². The quantitative estimate of drug-likeness (QED) is 0.218.